The molecule has 2 nitrogen and oxygen atoms in total. The van der Waals surface area contributed by atoms with Crippen molar-refractivity contribution in [2.45, 2.75) is 20.1 Å². The summed E-state index contributed by atoms with van der Waals surface area (Å²) in [6.07, 6.45) is -0.0208. The van der Waals surface area contributed by atoms with Crippen LogP contribution in [0.3, 0.4) is 0 Å². The molecule has 0 saturated carbocycles. The Morgan fingerprint density at radius 3 is 2.14 bits per heavy atom. The molecule has 0 amide bonds. The molecule has 2 N–H and O–H groups in total. The van der Waals surface area contributed by atoms with Crippen molar-refractivity contribution in [3.8, 4) is 0 Å². The molecule has 0 aromatic rings. The van der Waals surface area contributed by atoms with E-state index in [1.807, 2.05) is 0 Å². The maximum absolute atomic E-state index is 5.43. The molecule has 0 bridgehead atoms. The Balaban J connectivity index is 2.43. The molecular weight excluding hydrogens is 90.1 g/mol. The summed E-state index contributed by atoms with van der Waals surface area (Å²) in [7, 11) is 0. The molecule has 42 valence electrons. The molecule has 2 heteroatoms. The van der Waals surface area contributed by atoms with E-state index in [-0.39, 0.29) is 11.6 Å². The lowest BCUT2D eigenvalue weighted by molar-refractivity contribution is -0.163. The summed E-state index contributed by atoms with van der Waals surface area (Å²) in [5, 5.41) is 0. The molecular formula is C5H11NO. The second-order valence-electron chi connectivity index (χ2n) is 2.72. The van der Waals surface area contributed by atoms with Crippen LogP contribution in [0.5, 0.6) is 0 Å². The Kier molecular flexibility index (Phi) is 0.869. The minimum absolute atomic E-state index is 0.0208. The van der Waals surface area contributed by atoms with Gasteiger partial charge in [0.25, 0.3) is 0 Å². The normalized spacial score (nSPS) is 37.3. The van der Waals surface area contributed by atoms with Crippen molar-refractivity contribution < 1.29 is 4.74 Å². The van der Waals surface area contributed by atoms with E-state index in [4.69, 9.17) is 10.5 Å². The summed E-state index contributed by atoms with van der Waals surface area (Å²) in [6.45, 7) is 5.01. The van der Waals surface area contributed by atoms with Gasteiger partial charge in [0.2, 0.25) is 0 Å². The van der Waals surface area contributed by atoms with Gasteiger partial charge in [-0.2, -0.15) is 0 Å². The lowest BCUT2D eigenvalue weighted by Gasteiger charge is -2.41. The van der Waals surface area contributed by atoms with Crippen LogP contribution in [0.2, 0.25) is 0 Å². The van der Waals surface area contributed by atoms with Gasteiger partial charge in [-0.1, -0.05) is 13.8 Å². The van der Waals surface area contributed by atoms with E-state index in [1.54, 1.807) is 0 Å². The van der Waals surface area contributed by atoms with Crippen LogP contribution in [0, 0.1) is 5.41 Å². The van der Waals surface area contributed by atoms with Gasteiger partial charge >= 0.3 is 0 Å². The highest BCUT2D eigenvalue weighted by atomic mass is 16.5. The average molecular weight is 101 g/mol. The van der Waals surface area contributed by atoms with Crippen LogP contribution in [-0.4, -0.2) is 12.8 Å². The van der Waals surface area contributed by atoms with Crippen molar-refractivity contribution in [3.63, 3.8) is 0 Å². The SMILES string of the molecule is CC1(C)COC1N. The molecule has 7 heavy (non-hydrogen) atoms. The number of rotatable bonds is 0. The smallest absolute Gasteiger partial charge is 0.113 e. The van der Waals surface area contributed by atoms with Crippen LogP contribution in [-0.2, 0) is 4.74 Å². The molecule has 0 aromatic heterocycles. The predicted molar refractivity (Wildman–Crippen MR) is 27.7 cm³/mol. The molecule has 0 spiro atoms. The maximum atomic E-state index is 5.43. The fourth-order valence-electron chi connectivity index (χ4n) is 0.513. The topological polar surface area (TPSA) is 35.2 Å². The summed E-state index contributed by atoms with van der Waals surface area (Å²) < 4.78 is 4.92. The second kappa shape index (κ2) is 1.20. The Labute approximate surface area is 43.6 Å². The molecule has 1 fully saturated rings. The van der Waals surface area contributed by atoms with E-state index < -0.39 is 0 Å². The summed E-state index contributed by atoms with van der Waals surface area (Å²) in [4.78, 5) is 0. The summed E-state index contributed by atoms with van der Waals surface area (Å²) in [5.41, 5.74) is 5.67. The molecule has 1 unspecified atom stereocenters. The van der Waals surface area contributed by atoms with Gasteiger partial charge in [0.05, 0.1) is 6.61 Å². The Bertz CT molecular complexity index is 80.1. The van der Waals surface area contributed by atoms with Crippen molar-refractivity contribution in [1.82, 2.24) is 0 Å². The molecule has 0 aromatic carbocycles. The van der Waals surface area contributed by atoms with E-state index in [0.717, 1.165) is 6.61 Å². The third-order valence-corrected chi connectivity index (χ3v) is 1.41. The Hall–Kier alpha value is -0.0800. The number of ether oxygens (including phenoxy) is 1. The Morgan fingerprint density at radius 2 is 2.14 bits per heavy atom. The lowest BCUT2D eigenvalue weighted by Crippen LogP contribution is -2.53. The van der Waals surface area contributed by atoms with Gasteiger partial charge in [-0.05, 0) is 0 Å². The van der Waals surface area contributed by atoms with Gasteiger partial charge in [0.15, 0.2) is 0 Å². The zero-order valence-electron chi connectivity index (χ0n) is 4.77. The van der Waals surface area contributed by atoms with Gasteiger partial charge in [0.1, 0.15) is 6.23 Å². The quantitative estimate of drug-likeness (QED) is 0.477. The van der Waals surface area contributed by atoms with Crippen molar-refractivity contribution in [3.05, 3.63) is 0 Å². The summed E-state index contributed by atoms with van der Waals surface area (Å²) >= 11 is 0. The number of hydrogen-bond acceptors (Lipinski definition) is 2. The number of hydrogen-bond donors (Lipinski definition) is 1. The molecule has 0 radical (unpaired) electrons. The fraction of sp³-hybridized carbons (Fsp3) is 1.00. The minimum atomic E-state index is -0.0208. The predicted octanol–water partition coefficient (Wildman–Crippen LogP) is 0.328. The monoisotopic (exact) mass is 101 g/mol. The zero-order chi connectivity index (χ0) is 5.49. The van der Waals surface area contributed by atoms with Gasteiger partial charge in [-0.25, -0.2) is 0 Å². The Morgan fingerprint density at radius 1 is 1.71 bits per heavy atom. The van der Waals surface area contributed by atoms with Crippen LogP contribution in [0.25, 0.3) is 0 Å². The minimum Gasteiger partial charge on any atom is -0.362 e. The summed E-state index contributed by atoms with van der Waals surface area (Å²) in [5.74, 6) is 0. The van der Waals surface area contributed by atoms with Gasteiger partial charge < -0.3 is 10.5 Å². The third kappa shape index (κ3) is 0.640. The van der Waals surface area contributed by atoms with Crippen molar-refractivity contribution in [2.24, 2.45) is 11.1 Å². The van der Waals surface area contributed by atoms with Crippen LogP contribution in [0.1, 0.15) is 13.8 Å². The highest BCUT2D eigenvalue weighted by Gasteiger charge is 2.36. The fourth-order valence-corrected chi connectivity index (χ4v) is 0.513. The highest BCUT2D eigenvalue weighted by Crippen LogP contribution is 2.29. The van der Waals surface area contributed by atoms with Gasteiger partial charge in [-0.15, -0.1) is 0 Å². The molecule has 1 saturated heterocycles. The van der Waals surface area contributed by atoms with Crippen LogP contribution < -0.4 is 5.73 Å². The lowest BCUT2D eigenvalue weighted by atomic mass is 9.88. The summed E-state index contributed by atoms with van der Waals surface area (Å²) in [6, 6.07) is 0. The standard InChI is InChI=1S/C5H11NO/c1-5(2)3-7-4(5)6/h4H,3,6H2,1-2H3. The first-order valence-corrected chi connectivity index (χ1v) is 2.50. The second-order valence-corrected chi connectivity index (χ2v) is 2.72. The van der Waals surface area contributed by atoms with E-state index >= 15 is 0 Å². The molecule has 1 rings (SSSR count). The van der Waals surface area contributed by atoms with Crippen molar-refractivity contribution in [2.75, 3.05) is 6.61 Å². The van der Waals surface area contributed by atoms with E-state index in [2.05, 4.69) is 13.8 Å². The van der Waals surface area contributed by atoms with Crippen LogP contribution in [0.15, 0.2) is 0 Å². The molecule has 1 aliphatic heterocycles. The molecule has 0 aliphatic carbocycles. The van der Waals surface area contributed by atoms with E-state index in [0.29, 0.717) is 0 Å². The number of nitrogens with two attached hydrogens (primary N) is 1. The average Bonchev–Trinajstić information content (AvgIpc) is 1.63. The third-order valence-electron chi connectivity index (χ3n) is 1.41. The zero-order valence-corrected chi connectivity index (χ0v) is 4.77. The van der Waals surface area contributed by atoms with E-state index in [1.165, 1.54) is 0 Å². The van der Waals surface area contributed by atoms with Crippen LogP contribution >= 0.6 is 0 Å². The first-order chi connectivity index (χ1) is 3.13. The highest BCUT2D eigenvalue weighted by molar-refractivity contribution is 4.82. The largest absolute Gasteiger partial charge is 0.362 e. The van der Waals surface area contributed by atoms with Gasteiger partial charge in [0, 0.05) is 5.41 Å². The first kappa shape index (κ1) is 5.06. The molecule has 1 aliphatic rings. The van der Waals surface area contributed by atoms with E-state index in [9.17, 15) is 0 Å². The van der Waals surface area contributed by atoms with Crippen LogP contribution in [0.4, 0.5) is 0 Å². The van der Waals surface area contributed by atoms with Crippen molar-refractivity contribution in [1.29, 1.82) is 0 Å². The molecule has 1 atom stereocenters. The molecule has 1 heterocycles. The first-order valence-electron chi connectivity index (χ1n) is 2.50. The van der Waals surface area contributed by atoms with Crippen molar-refractivity contribution >= 4 is 0 Å². The maximum Gasteiger partial charge on any atom is 0.113 e. The van der Waals surface area contributed by atoms with Gasteiger partial charge in [-0.3, -0.25) is 0 Å².